The number of hydrogen-bond acceptors (Lipinski definition) is 6. The highest BCUT2D eigenvalue weighted by Gasteiger charge is 2.33. The monoisotopic (exact) mass is 317 g/mol. The number of esters is 1. The number of carbonyl (C=O) groups excluding carboxylic acids is 2. The number of hydrogen-bond donors (Lipinski definition) is 1. The molecule has 128 valence electrons. The number of amides is 1. The zero-order valence-corrected chi connectivity index (χ0v) is 14.1. The van der Waals surface area contributed by atoms with Crippen LogP contribution < -0.4 is 5.32 Å². The predicted molar refractivity (Wildman–Crippen MR) is 79.3 cm³/mol. The van der Waals surface area contributed by atoms with E-state index in [-0.39, 0.29) is 25.1 Å². The van der Waals surface area contributed by atoms with Crippen molar-refractivity contribution in [3.63, 3.8) is 0 Å². The van der Waals surface area contributed by atoms with Gasteiger partial charge in [0.05, 0.1) is 6.61 Å². The summed E-state index contributed by atoms with van der Waals surface area (Å²) in [6.45, 7) is 9.96. The molecule has 0 unspecified atom stereocenters. The molecule has 1 amide bonds. The summed E-state index contributed by atoms with van der Waals surface area (Å²) in [5, 5.41) is 2.58. The molecule has 0 aliphatic carbocycles. The minimum absolute atomic E-state index is 0.140. The Bertz CT molecular complexity index is 388. The quantitative estimate of drug-likeness (QED) is 0.596. The maximum atomic E-state index is 11.5. The minimum Gasteiger partial charge on any atom is -0.460 e. The van der Waals surface area contributed by atoms with Crippen LogP contribution in [0.3, 0.4) is 0 Å². The number of nitrogens with one attached hydrogen (secondary N) is 1. The van der Waals surface area contributed by atoms with Gasteiger partial charge in [-0.05, 0) is 41.0 Å². The number of rotatable bonds is 6. The molecular formula is C15H27NO6. The lowest BCUT2D eigenvalue weighted by molar-refractivity contribution is -0.154. The first-order valence-corrected chi connectivity index (χ1v) is 7.52. The normalized spacial score (nSPS) is 20.5. The van der Waals surface area contributed by atoms with Gasteiger partial charge in [-0.15, -0.1) is 0 Å². The van der Waals surface area contributed by atoms with Crippen LogP contribution in [0, 0.1) is 0 Å². The fourth-order valence-electron chi connectivity index (χ4n) is 1.88. The van der Waals surface area contributed by atoms with Crippen molar-refractivity contribution in [2.45, 2.75) is 65.0 Å². The summed E-state index contributed by atoms with van der Waals surface area (Å²) in [4.78, 5) is 23.0. The van der Waals surface area contributed by atoms with Crippen LogP contribution in [0.15, 0.2) is 0 Å². The van der Waals surface area contributed by atoms with E-state index in [9.17, 15) is 9.59 Å². The second kappa shape index (κ2) is 7.78. The molecule has 1 saturated heterocycles. The van der Waals surface area contributed by atoms with Gasteiger partial charge in [0.25, 0.3) is 0 Å². The maximum Gasteiger partial charge on any atom is 0.407 e. The largest absolute Gasteiger partial charge is 0.460 e. The van der Waals surface area contributed by atoms with E-state index in [1.54, 1.807) is 0 Å². The first-order chi connectivity index (χ1) is 10.1. The van der Waals surface area contributed by atoms with E-state index in [0.29, 0.717) is 19.6 Å². The maximum absolute atomic E-state index is 11.5. The van der Waals surface area contributed by atoms with Crippen molar-refractivity contribution in [2.75, 3.05) is 19.8 Å². The third kappa shape index (κ3) is 8.19. The van der Waals surface area contributed by atoms with Gasteiger partial charge in [0.1, 0.15) is 18.3 Å². The molecule has 0 aromatic rings. The minimum atomic E-state index is -0.627. The molecule has 1 heterocycles. The van der Waals surface area contributed by atoms with Gasteiger partial charge in [0, 0.05) is 13.0 Å². The van der Waals surface area contributed by atoms with Gasteiger partial charge in [-0.1, -0.05) is 0 Å². The Labute approximate surface area is 131 Å². The lowest BCUT2D eigenvalue weighted by atomic mass is 10.2. The Balaban J connectivity index is 2.06. The van der Waals surface area contributed by atoms with E-state index in [2.05, 4.69) is 5.32 Å². The molecule has 0 aromatic carbocycles. The summed E-state index contributed by atoms with van der Waals surface area (Å²) in [5.74, 6) is -0.904. The first kappa shape index (κ1) is 18.7. The third-order valence-corrected chi connectivity index (χ3v) is 2.71. The average molecular weight is 317 g/mol. The van der Waals surface area contributed by atoms with Gasteiger partial charge in [-0.25, -0.2) is 4.79 Å². The van der Waals surface area contributed by atoms with Gasteiger partial charge >= 0.3 is 12.1 Å². The van der Waals surface area contributed by atoms with Crippen LogP contribution in [0.4, 0.5) is 4.79 Å². The second-order valence-corrected chi connectivity index (χ2v) is 6.67. The summed E-state index contributed by atoms with van der Waals surface area (Å²) < 4.78 is 21.1. The smallest absolute Gasteiger partial charge is 0.407 e. The highest BCUT2D eigenvalue weighted by Crippen LogP contribution is 2.22. The Morgan fingerprint density at radius 3 is 2.55 bits per heavy atom. The SMILES string of the molecule is CC(C)(C)OC(=O)CCCNC(=O)OC[C@H]1COC(C)(C)O1. The topological polar surface area (TPSA) is 83.1 Å². The second-order valence-electron chi connectivity index (χ2n) is 6.67. The molecule has 7 heteroatoms. The average Bonchev–Trinajstić information content (AvgIpc) is 2.70. The molecule has 1 atom stereocenters. The number of carbonyl (C=O) groups is 2. The van der Waals surface area contributed by atoms with Crippen molar-refractivity contribution >= 4 is 12.1 Å². The summed E-state index contributed by atoms with van der Waals surface area (Å²) in [5.41, 5.74) is -0.486. The van der Waals surface area contributed by atoms with Gasteiger partial charge in [-0.2, -0.15) is 0 Å². The molecule has 1 aliphatic rings. The molecule has 0 radical (unpaired) electrons. The molecular weight excluding hydrogens is 290 g/mol. The number of alkyl carbamates (subject to hydrolysis) is 1. The molecule has 1 rings (SSSR count). The summed E-state index contributed by atoms with van der Waals surface area (Å²) >= 11 is 0. The van der Waals surface area contributed by atoms with Gasteiger partial charge in [0.15, 0.2) is 5.79 Å². The predicted octanol–water partition coefficient (Wildman–Crippen LogP) is 1.99. The van der Waals surface area contributed by atoms with Crippen molar-refractivity contribution in [3.8, 4) is 0 Å². The third-order valence-electron chi connectivity index (χ3n) is 2.71. The molecule has 22 heavy (non-hydrogen) atoms. The van der Waals surface area contributed by atoms with Crippen molar-refractivity contribution in [1.82, 2.24) is 5.32 Å². The molecule has 1 aliphatic heterocycles. The fourth-order valence-corrected chi connectivity index (χ4v) is 1.88. The molecule has 0 saturated carbocycles. The Kier molecular flexibility index (Phi) is 6.62. The number of ether oxygens (including phenoxy) is 4. The molecule has 0 aromatic heterocycles. The Morgan fingerprint density at radius 2 is 2.00 bits per heavy atom. The fraction of sp³-hybridized carbons (Fsp3) is 0.867. The molecule has 7 nitrogen and oxygen atoms in total. The molecule has 0 spiro atoms. The molecule has 0 bridgehead atoms. The van der Waals surface area contributed by atoms with E-state index < -0.39 is 17.5 Å². The van der Waals surface area contributed by atoms with E-state index in [0.717, 1.165) is 0 Å². The molecule has 1 N–H and O–H groups in total. The van der Waals surface area contributed by atoms with Crippen molar-refractivity contribution < 1.29 is 28.5 Å². The van der Waals surface area contributed by atoms with Crippen molar-refractivity contribution in [1.29, 1.82) is 0 Å². The van der Waals surface area contributed by atoms with Crippen molar-refractivity contribution in [3.05, 3.63) is 0 Å². The van der Waals surface area contributed by atoms with Gasteiger partial charge in [-0.3, -0.25) is 4.79 Å². The Hall–Kier alpha value is -1.34. The summed E-state index contributed by atoms with van der Waals surface area (Å²) in [6, 6.07) is 0. The lowest BCUT2D eigenvalue weighted by Gasteiger charge is -2.19. The van der Waals surface area contributed by atoms with Gasteiger partial charge in [0.2, 0.25) is 0 Å². The molecule has 1 fully saturated rings. The van der Waals surface area contributed by atoms with Crippen LogP contribution >= 0.6 is 0 Å². The first-order valence-electron chi connectivity index (χ1n) is 7.52. The van der Waals surface area contributed by atoms with Crippen LogP contribution in [0.5, 0.6) is 0 Å². The highest BCUT2D eigenvalue weighted by atomic mass is 16.7. The van der Waals surface area contributed by atoms with Crippen LogP contribution in [-0.4, -0.2) is 49.3 Å². The van der Waals surface area contributed by atoms with E-state index in [4.69, 9.17) is 18.9 Å². The van der Waals surface area contributed by atoms with Crippen LogP contribution in [-0.2, 0) is 23.7 Å². The van der Waals surface area contributed by atoms with E-state index >= 15 is 0 Å². The standard InChI is InChI=1S/C15H27NO6/c1-14(2,3)22-12(17)7-6-8-16-13(18)19-9-11-10-20-15(4,5)21-11/h11H,6-10H2,1-5H3,(H,16,18)/t11-/m0/s1. The lowest BCUT2D eigenvalue weighted by Crippen LogP contribution is -2.31. The zero-order chi connectivity index (χ0) is 16.8. The van der Waals surface area contributed by atoms with Crippen LogP contribution in [0.25, 0.3) is 0 Å². The van der Waals surface area contributed by atoms with Crippen molar-refractivity contribution in [2.24, 2.45) is 0 Å². The summed E-state index contributed by atoms with van der Waals surface area (Å²) in [6.07, 6.45) is -0.0224. The summed E-state index contributed by atoms with van der Waals surface area (Å²) in [7, 11) is 0. The Morgan fingerprint density at radius 1 is 1.32 bits per heavy atom. The zero-order valence-electron chi connectivity index (χ0n) is 14.1. The van der Waals surface area contributed by atoms with Gasteiger partial charge < -0.3 is 24.3 Å². The van der Waals surface area contributed by atoms with Crippen LogP contribution in [0.2, 0.25) is 0 Å². The van der Waals surface area contributed by atoms with E-state index in [1.165, 1.54) is 0 Å². The van der Waals surface area contributed by atoms with E-state index in [1.807, 2.05) is 34.6 Å². The van der Waals surface area contributed by atoms with Crippen LogP contribution in [0.1, 0.15) is 47.5 Å². The highest BCUT2D eigenvalue weighted by molar-refractivity contribution is 5.70.